The first kappa shape index (κ1) is 13.7. The van der Waals surface area contributed by atoms with E-state index in [0.29, 0.717) is 10.4 Å². The van der Waals surface area contributed by atoms with Crippen molar-refractivity contribution in [1.82, 2.24) is 0 Å². The molecule has 0 saturated carbocycles. The second kappa shape index (κ2) is 4.42. The van der Waals surface area contributed by atoms with Crippen molar-refractivity contribution in [3.8, 4) is 5.75 Å². The number of halogens is 1. The Hall–Kier alpha value is -1.74. The van der Waals surface area contributed by atoms with Gasteiger partial charge in [-0.25, -0.2) is 4.79 Å². The largest absolute Gasteiger partial charge is 0.506 e. The summed E-state index contributed by atoms with van der Waals surface area (Å²) in [7, 11) is 0. The van der Waals surface area contributed by atoms with Crippen molar-refractivity contribution in [2.45, 2.75) is 26.2 Å². The van der Waals surface area contributed by atoms with Crippen molar-refractivity contribution in [1.29, 1.82) is 0 Å². The van der Waals surface area contributed by atoms with E-state index in [2.05, 4.69) is 0 Å². The van der Waals surface area contributed by atoms with Crippen molar-refractivity contribution in [3.63, 3.8) is 0 Å². The van der Waals surface area contributed by atoms with Gasteiger partial charge < -0.3 is 10.2 Å². The lowest BCUT2D eigenvalue weighted by atomic mass is 9.82. The van der Waals surface area contributed by atoms with E-state index < -0.39 is 5.97 Å². The Balaban J connectivity index is 2.96. The van der Waals surface area contributed by atoms with E-state index in [-0.39, 0.29) is 16.7 Å². The number of benzene rings is 2. The van der Waals surface area contributed by atoms with Gasteiger partial charge in [-0.2, -0.15) is 0 Å². The number of carboxylic acid groups (broad SMARTS) is 1. The Labute approximate surface area is 116 Å². The molecule has 19 heavy (non-hydrogen) atoms. The van der Waals surface area contributed by atoms with Crippen LogP contribution in [-0.4, -0.2) is 16.2 Å². The minimum absolute atomic E-state index is 0.0836. The Morgan fingerprint density at radius 2 is 1.79 bits per heavy atom. The number of aromatic carboxylic acids is 1. The Kier molecular flexibility index (Phi) is 3.19. The van der Waals surface area contributed by atoms with Crippen LogP contribution in [0.5, 0.6) is 5.75 Å². The number of carboxylic acids is 1. The summed E-state index contributed by atoms with van der Waals surface area (Å²) >= 11 is 6.00. The van der Waals surface area contributed by atoms with E-state index in [9.17, 15) is 15.0 Å². The molecular weight excluding hydrogens is 264 g/mol. The summed E-state index contributed by atoms with van der Waals surface area (Å²) in [5.74, 6) is -1.35. The average Bonchev–Trinajstić information content (AvgIpc) is 2.26. The number of hydrogen-bond donors (Lipinski definition) is 2. The monoisotopic (exact) mass is 278 g/mol. The Morgan fingerprint density at radius 1 is 1.16 bits per heavy atom. The van der Waals surface area contributed by atoms with Gasteiger partial charge in [0.05, 0.1) is 0 Å². The highest BCUT2D eigenvalue weighted by molar-refractivity contribution is 6.31. The molecule has 2 aromatic rings. The highest BCUT2D eigenvalue weighted by atomic mass is 35.5. The molecule has 0 unspecified atom stereocenters. The van der Waals surface area contributed by atoms with Gasteiger partial charge in [0.1, 0.15) is 11.3 Å². The van der Waals surface area contributed by atoms with Crippen LogP contribution in [0.3, 0.4) is 0 Å². The van der Waals surface area contributed by atoms with Crippen molar-refractivity contribution < 1.29 is 15.0 Å². The molecule has 0 fully saturated rings. The summed E-state index contributed by atoms with van der Waals surface area (Å²) in [6, 6.07) is 6.56. The molecule has 0 aliphatic carbocycles. The minimum atomic E-state index is -1.14. The molecule has 0 aliphatic rings. The number of aromatic hydroxyl groups is 1. The third-order valence-electron chi connectivity index (χ3n) is 3.11. The fourth-order valence-electron chi connectivity index (χ4n) is 2.16. The molecule has 0 radical (unpaired) electrons. The number of carbonyl (C=O) groups is 1. The van der Waals surface area contributed by atoms with E-state index in [4.69, 9.17) is 11.6 Å². The maximum Gasteiger partial charge on any atom is 0.339 e. The fraction of sp³-hybridized carbons (Fsp3) is 0.267. The summed E-state index contributed by atoms with van der Waals surface area (Å²) in [6.45, 7) is 5.97. The summed E-state index contributed by atoms with van der Waals surface area (Å²) in [6.07, 6.45) is 0. The molecule has 2 rings (SSSR count). The quantitative estimate of drug-likeness (QED) is 0.822. The van der Waals surface area contributed by atoms with Gasteiger partial charge in [0.15, 0.2) is 0 Å². The Morgan fingerprint density at radius 3 is 2.32 bits per heavy atom. The van der Waals surface area contributed by atoms with E-state index in [1.54, 1.807) is 18.2 Å². The molecule has 4 heteroatoms. The zero-order chi connectivity index (χ0) is 14.4. The molecule has 100 valence electrons. The zero-order valence-electron chi connectivity index (χ0n) is 11.0. The summed E-state index contributed by atoms with van der Waals surface area (Å²) in [4.78, 5) is 11.2. The predicted molar refractivity (Wildman–Crippen MR) is 76.3 cm³/mol. The molecule has 0 saturated heterocycles. The molecule has 0 aromatic heterocycles. The minimum Gasteiger partial charge on any atom is -0.506 e. The smallest absolute Gasteiger partial charge is 0.339 e. The average molecular weight is 279 g/mol. The third kappa shape index (κ3) is 2.38. The lowest BCUT2D eigenvalue weighted by molar-refractivity contribution is 0.0694. The molecule has 0 heterocycles. The third-order valence-corrected chi connectivity index (χ3v) is 3.34. The van der Waals surface area contributed by atoms with Gasteiger partial charge in [0.25, 0.3) is 0 Å². The standard InChI is InChI=1S/C15H15ClO3/c1-15(2,3)12-7-11(14(18)19)13(17)9-5-4-8(16)6-10(9)12/h4-7,17H,1-3H3,(H,18,19). The topological polar surface area (TPSA) is 57.5 Å². The fourth-order valence-corrected chi connectivity index (χ4v) is 2.34. The molecule has 2 aromatic carbocycles. The van der Waals surface area contributed by atoms with Crippen LogP contribution in [0.4, 0.5) is 0 Å². The first-order valence-corrected chi connectivity index (χ1v) is 6.28. The Bertz CT molecular complexity index is 669. The lowest BCUT2D eigenvalue weighted by Gasteiger charge is -2.23. The molecule has 3 nitrogen and oxygen atoms in total. The zero-order valence-corrected chi connectivity index (χ0v) is 11.7. The van der Waals surface area contributed by atoms with Crippen LogP contribution in [0.25, 0.3) is 10.8 Å². The normalized spacial score (nSPS) is 11.8. The number of fused-ring (bicyclic) bond motifs is 1. The maximum absolute atomic E-state index is 11.2. The second-order valence-corrected chi connectivity index (χ2v) is 6.00. The van der Waals surface area contributed by atoms with E-state index in [1.807, 2.05) is 20.8 Å². The summed E-state index contributed by atoms with van der Waals surface area (Å²) < 4.78 is 0. The molecule has 0 bridgehead atoms. The van der Waals surface area contributed by atoms with Crippen LogP contribution < -0.4 is 0 Å². The van der Waals surface area contributed by atoms with Crippen molar-refractivity contribution in [2.24, 2.45) is 0 Å². The van der Waals surface area contributed by atoms with Crippen LogP contribution in [0.2, 0.25) is 5.02 Å². The summed E-state index contributed by atoms with van der Waals surface area (Å²) in [5, 5.41) is 21.1. The van der Waals surface area contributed by atoms with Crippen LogP contribution in [0.15, 0.2) is 24.3 Å². The van der Waals surface area contributed by atoms with Gasteiger partial charge in [0.2, 0.25) is 0 Å². The number of hydrogen-bond acceptors (Lipinski definition) is 2. The first-order chi connectivity index (χ1) is 8.71. The highest BCUT2D eigenvalue weighted by Crippen LogP contribution is 2.38. The number of rotatable bonds is 1. The van der Waals surface area contributed by atoms with Crippen LogP contribution in [0.1, 0.15) is 36.7 Å². The van der Waals surface area contributed by atoms with E-state index in [0.717, 1.165) is 10.9 Å². The van der Waals surface area contributed by atoms with Gasteiger partial charge in [0, 0.05) is 10.4 Å². The van der Waals surface area contributed by atoms with E-state index >= 15 is 0 Å². The second-order valence-electron chi connectivity index (χ2n) is 5.57. The maximum atomic E-state index is 11.2. The SMILES string of the molecule is CC(C)(C)c1cc(C(=O)O)c(O)c2ccc(Cl)cc12. The first-order valence-electron chi connectivity index (χ1n) is 5.91. The van der Waals surface area contributed by atoms with Gasteiger partial charge in [-0.1, -0.05) is 32.4 Å². The molecule has 0 amide bonds. The van der Waals surface area contributed by atoms with Crippen molar-refractivity contribution in [3.05, 3.63) is 40.4 Å². The van der Waals surface area contributed by atoms with Gasteiger partial charge in [-0.15, -0.1) is 0 Å². The van der Waals surface area contributed by atoms with Gasteiger partial charge in [-0.3, -0.25) is 0 Å². The van der Waals surface area contributed by atoms with Crippen LogP contribution >= 0.6 is 11.6 Å². The van der Waals surface area contributed by atoms with Crippen LogP contribution in [-0.2, 0) is 5.41 Å². The lowest BCUT2D eigenvalue weighted by Crippen LogP contribution is -2.13. The van der Waals surface area contributed by atoms with Crippen molar-refractivity contribution >= 4 is 28.3 Å². The molecule has 0 aliphatic heterocycles. The molecule has 2 N–H and O–H groups in total. The predicted octanol–water partition coefficient (Wildman–Crippen LogP) is 4.19. The summed E-state index contributed by atoms with van der Waals surface area (Å²) in [5.41, 5.74) is 0.515. The number of phenols is 1. The van der Waals surface area contributed by atoms with E-state index in [1.165, 1.54) is 6.07 Å². The molecular formula is C15H15ClO3. The van der Waals surface area contributed by atoms with Gasteiger partial charge >= 0.3 is 5.97 Å². The van der Waals surface area contributed by atoms with Gasteiger partial charge in [-0.05, 0) is 40.6 Å². The molecule has 0 atom stereocenters. The highest BCUT2D eigenvalue weighted by Gasteiger charge is 2.23. The molecule has 0 spiro atoms. The van der Waals surface area contributed by atoms with Crippen molar-refractivity contribution in [2.75, 3.05) is 0 Å². The van der Waals surface area contributed by atoms with Crippen LogP contribution in [0, 0.1) is 0 Å².